The van der Waals surface area contributed by atoms with Crippen LogP contribution in [0.5, 0.6) is 0 Å². The van der Waals surface area contributed by atoms with Crippen LogP contribution in [0.3, 0.4) is 0 Å². The minimum atomic E-state index is 0.00302. The summed E-state index contributed by atoms with van der Waals surface area (Å²) in [7, 11) is 0. The lowest BCUT2D eigenvalue weighted by Gasteiger charge is -2.28. The van der Waals surface area contributed by atoms with Gasteiger partial charge < -0.3 is 4.98 Å². The van der Waals surface area contributed by atoms with E-state index in [-0.39, 0.29) is 11.2 Å². The van der Waals surface area contributed by atoms with E-state index in [0.29, 0.717) is 6.42 Å². The van der Waals surface area contributed by atoms with Crippen molar-refractivity contribution in [2.45, 2.75) is 46.5 Å². The summed E-state index contributed by atoms with van der Waals surface area (Å²) in [5, 5.41) is 0. The fourth-order valence-corrected chi connectivity index (χ4v) is 4.34. The zero-order valence-electron chi connectivity index (χ0n) is 16.3. The zero-order chi connectivity index (χ0) is 19.0. The first-order chi connectivity index (χ1) is 13.0. The van der Waals surface area contributed by atoms with Gasteiger partial charge in [-0.3, -0.25) is 9.78 Å². The van der Waals surface area contributed by atoms with Gasteiger partial charge >= 0.3 is 0 Å². The molecule has 27 heavy (non-hydrogen) atoms. The van der Waals surface area contributed by atoms with Gasteiger partial charge in [0.1, 0.15) is 0 Å². The summed E-state index contributed by atoms with van der Waals surface area (Å²) in [5.41, 5.74) is 7.96. The molecule has 0 saturated carbocycles. The van der Waals surface area contributed by atoms with Crippen molar-refractivity contribution in [1.82, 2.24) is 9.97 Å². The van der Waals surface area contributed by atoms with Crippen LogP contribution in [0, 0.1) is 5.41 Å². The van der Waals surface area contributed by atoms with Crippen LogP contribution in [0.15, 0.2) is 48.8 Å². The number of hydrogen-bond donors (Lipinski definition) is 1. The number of rotatable bonds is 4. The molecule has 0 fully saturated rings. The highest BCUT2D eigenvalue weighted by Crippen LogP contribution is 2.40. The zero-order valence-corrected chi connectivity index (χ0v) is 16.3. The number of ketones is 1. The summed E-state index contributed by atoms with van der Waals surface area (Å²) < 4.78 is 0. The number of hydrogen-bond acceptors (Lipinski definition) is 2. The number of aromatic amines is 1. The van der Waals surface area contributed by atoms with E-state index in [1.807, 2.05) is 24.5 Å². The Morgan fingerprint density at radius 3 is 2.44 bits per heavy atom. The Kier molecular flexibility index (Phi) is 4.47. The van der Waals surface area contributed by atoms with Crippen LogP contribution in [0.2, 0.25) is 0 Å². The molecule has 0 unspecified atom stereocenters. The van der Waals surface area contributed by atoms with Crippen LogP contribution in [-0.4, -0.2) is 15.8 Å². The van der Waals surface area contributed by atoms with Gasteiger partial charge in [-0.05, 0) is 47.1 Å². The highest BCUT2D eigenvalue weighted by Gasteiger charge is 2.35. The van der Waals surface area contributed by atoms with Gasteiger partial charge in [0.2, 0.25) is 0 Å². The molecular weight excluding hydrogens is 332 g/mol. The van der Waals surface area contributed by atoms with E-state index in [1.54, 1.807) is 0 Å². The Labute approximate surface area is 160 Å². The molecule has 2 heterocycles. The molecule has 2 aromatic heterocycles. The Bertz CT molecular complexity index is 983. The number of pyridine rings is 1. The number of Topliss-reactive ketones (excluding diaryl/α,β-unsaturated/α-hetero) is 1. The molecule has 0 bridgehead atoms. The van der Waals surface area contributed by atoms with Crippen LogP contribution in [0.4, 0.5) is 0 Å². The summed E-state index contributed by atoms with van der Waals surface area (Å²) in [5.74, 6) is 0.266. The highest BCUT2D eigenvalue weighted by atomic mass is 16.1. The molecular formula is C24H26N2O. The summed E-state index contributed by atoms with van der Waals surface area (Å²) in [4.78, 5) is 20.8. The minimum Gasteiger partial charge on any atom is -0.358 e. The molecule has 0 radical (unpaired) electrons. The Morgan fingerprint density at radius 2 is 1.74 bits per heavy atom. The third-order valence-corrected chi connectivity index (χ3v) is 5.59. The number of H-pyrrole nitrogens is 1. The van der Waals surface area contributed by atoms with E-state index in [2.05, 4.69) is 55.0 Å². The lowest BCUT2D eigenvalue weighted by atomic mass is 9.75. The second kappa shape index (κ2) is 6.80. The van der Waals surface area contributed by atoms with Crippen LogP contribution >= 0.6 is 0 Å². The van der Waals surface area contributed by atoms with Gasteiger partial charge in [-0.25, -0.2) is 0 Å². The first-order valence-electron chi connectivity index (χ1n) is 9.72. The van der Waals surface area contributed by atoms with Crippen LogP contribution in [0.1, 0.15) is 59.9 Å². The Balaban J connectivity index is 1.89. The number of fused-ring (bicyclic) bond motifs is 1. The number of benzene rings is 1. The second-order valence-electron chi connectivity index (χ2n) is 8.31. The molecule has 3 nitrogen and oxygen atoms in total. The van der Waals surface area contributed by atoms with Crippen molar-refractivity contribution in [3.05, 3.63) is 76.7 Å². The molecule has 1 aliphatic rings. The summed E-state index contributed by atoms with van der Waals surface area (Å²) in [6, 6.07) is 12.6. The molecule has 0 spiro atoms. The van der Waals surface area contributed by atoms with E-state index in [1.165, 1.54) is 11.1 Å². The number of carbonyl (C=O) groups excluding carboxylic acids is 1. The largest absolute Gasteiger partial charge is 0.358 e. The quantitative estimate of drug-likeness (QED) is 0.680. The predicted molar refractivity (Wildman–Crippen MR) is 109 cm³/mol. The van der Waals surface area contributed by atoms with Crippen molar-refractivity contribution < 1.29 is 4.79 Å². The average molecular weight is 358 g/mol. The van der Waals surface area contributed by atoms with Crippen LogP contribution in [-0.2, 0) is 19.3 Å². The standard InChI is InChI=1S/C24H26N2O/c1-4-16-7-5-6-8-18(16)13-19-22-20(14-24(2,3)15-21(22)27)26-23(19)17-9-11-25-12-10-17/h5-12,26H,4,13-15H2,1-3H3. The van der Waals surface area contributed by atoms with Gasteiger partial charge in [0.15, 0.2) is 5.78 Å². The first kappa shape index (κ1) is 17.7. The fraction of sp³-hybridized carbons (Fsp3) is 0.333. The molecule has 1 aliphatic carbocycles. The monoisotopic (exact) mass is 358 g/mol. The average Bonchev–Trinajstić information content (AvgIpc) is 3.00. The van der Waals surface area contributed by atoms with Gasteiger partial charge in [0, 0.05) is 42.1 Å². The van der Waals surface area contributed by atoms with Crippen LogP contribution in [0.25, 0.3) is 11.3 Å². The third-order valence-electron chi connectivity index (χ3n) is 5.59. The predicted octanol–water partition coefficient (Wildman–Crippen LogP) is 5.39. The van der Waals surface area contributed by atoms with Crippen molar-refractivity contribution in [2.24, 2.45) is 5.41 Å². The maximum Gasteiger partial charge on any atom is 0.165 e. The van der Waals surface area contributed by atoms with Crippen molar-refractivity contribution in [1.29, 1.82) is 0 Å². The molecule has 3 heteroatoms. The first-order valence-corrected chi connectivity index (χ1v) is 9.72. The van der Waals surface area contributed by atoms with Crippen molar-refractivity contribution >= 4 is 5.78 Å². The second-order valence-corrected chi connectivity index (χ2v) is 8.31. The molecule has 0 atom stereocenters. The number of nitrogens with one attached hydrogen (secondary N) is 1. The molecule has 1 N–H and O–H groups in total. The van der Waals surface area contributed by atoms with E-state index >= 15 is 0 Å². The number of nitrogens with zero attached hydrogens (tertiary/aromatic N) is 1. The van der Waals surface area contributed by atoms with Gasteiger partial charge in [-0.1, -0.05) is 45.0 Å². The molecule has 0 saturated heterocycles. The lowest BCUT2D eigenvalue weighted by molar-refractivity contribution is 0.0911. The minimum absolute atomic E-state index is 0.00302. The summed E-state index contributed by atoms with van der Waals surface area (Å²) >= 11 is 0. The SMILES string of the molecule is CCc1ccccc1Cc1c(-c2ccncc2)[nH]c2c1C(=O)CC(C)(C)C2. The van der Waals surface area contributed by atoms with Crippen molar-refractivity contribution in [3.8, 4) is 11.3 Å². The normalized spacial score (nSPS) is 15.6. The van der Waals surface area contributed by atoms with E-state index < -0.39 is 0 Å². The number of carbonyl (C=O) groups is 1. The van der Waals surface area contributed by atoms with E-state index in [0.717, 1.165) is 47.3 Å². The van der Waals surface area contributed by atoms with Gasteiger partial charge in [0.05, 0.1) is 5.69 Å². The summed E-state index contributed by atoms with van der Waals surface area (Å²) in [6.07, 6.45) is 6.90. The molecule has 4 rings (SSSR count). The number of aryl methyl sites for hydroxylation is 1. The molecule has 138 valence electrons. The topological polar surface area (TPSA) is 45.8 Å². The third kappa shape index (κ3) is 3.34. The van der Waals surface area contributed by atoms with Crippen molar-refractivity contribution in [3.63, 3.8) is 0 Å². The highest BCUT2D eigenvalue weighted by molar-refractivity contribution is 6.02. The Morgan fingerprint density at radius 1 is 1.04 bits per heavy atom. The molecule has 1 aromatic carbocycles. The fourth-order valence-electron chi connectivity index (χ4n) is 4.34. The summed E-state index contributed by atoms with van der Waals surface area (Å²) in [6.45, 7) is 6.53. The number of aromatic nitrogens is 2. The molecule has 0 amide bonds. The maximum atomic E-state index is 13.1. The van der Waals surface area contributed by atoms with Crippen LogP contribution < -0.4 is 0 Å². The van der Waals surface area contributed by atoms with Gasteiger partial charge in [0.25, 0.3) is 0 Å². The van der Waals surface area contributed by atoms with Gasteiger partial charge in [-0.15, -0.1) is 0 Å². The maximum absolute atomic E-state index is 13.1. The van der Waals surface area contributed by atoms with E-state index in [9.17, 15) is 4.79 Å². The lowest BCUT2D eigenvalue weighted by Crippen LogP contribution is -2.27. The molecule has 0 aliphatic heterocycles. The molecule has 3 aromatic rings. The van der Waals surface area contributed by atoms with Gasteiger partial charge in [-0.2, -0.15) is 0 Å². The van der Waals surface area contributed by atoms with Crippen molar-refractivity contribution in [2.75, 3.05) is 0 Å². The van der Waals surface area contributed by atoms with E-state index in [4.69, 9.17) is 0 Å². The Hall–Kier alpha value is -2.68. The smallest absolute Gasteiger partial charge is 0.165 e.